The van der Waals surface area contributed by atoms with Crippen molar-refractivity contribution in [3.05, 3.63) is 78.3 Å². The van der Waals surface area contributed by atoms with E-state index >= 15 is 4.39 Å². The first-order valence-electron chi connectivity index (χ1n) is 12.2. The van der Waals surface area contributed by atoms with Gasteiger partial charge in [0.1, 0.15) is 23.7 Å². The molecule has 3 heterocycles. The van der Waals surface area contributed by atoms with Crippen LogP contribution in [0.3, 0.4) is 0 Å². The van der Waals surface area contributed by atoms with Gasteiger partial charge in [-0.3, -0.25) is 9.79 Å². The van der Waals surface area contributed by atoms with Crippen LogP contribution in [0, 0.1) is 11.7 Å². The Balaban J connectivity index is 1.62. The number of aromatic nitrogens is 4. The Bertz CT molecular complexity index is 1300. The van der Waals surface area contributed by atoms with Crippen LogP contribution < -0.4 is 10.5 Å². The van der Waals surface area contributed by atoms with Gasteiger partial charge < -0.3 is 15.4 Å². The molecule has 2 aromatic heterocycles. The number of carbonyl (C=O) groups excluding carboxylic acids is 1. The summed E-state index contributed by atoms with van der Waals surface area (Å²) in [6, 6.07) is 6.26. The molecule has 1 amide bonds. The minimum atomic E-state index is -0.536. The van der Waals surface area contributed by atoms with Gasteiger partial charge in [0.05, 0.1) is 17.0 Å². The molecule has 10 heteroatoms. The van der Waals surface area contributed by atoms with Crippen molar-refractivity contribution in [3.8, 4) is 11.8 Å². The molecule has 0 saturated carbocycles. The second-order valence-corrected chi connectivity index (χ2v) is 8.85. The molecule has 0 radical (unpaired) electrons. The molecule has 1 unspecified atom stereocenters. The number of hydrogen-bond acceptors (Lipinski definition) is 8. The molecule has 37 heavy (non-hydrogen) atoms. The van der Waals surface area contributed by atoms with Crippen molar-refractivity contribution in [1.29, 1.82) is 0 Å². The molecule has 192 valence electrons. The summed E-state index contributed by atoms with van der Waals surface area (Å²) in [5.41, 5.74) is 8.20. The number of nitrogens with two attached hydrogens (primary N) is 1. The van der Waals surface area contributed by atoms with Gasteiger partial charge in [-0.25, -0.2) is 24.3 Å². The van der Waals surface area contributed by atoms with E-state index in [9.17, 15) is 4.79 Å². The number of amides is 1. The van der Waals surface area contributed by atoms with Crippen LogP contribution >= 0.6 is 0 Å². The van der Waals surface area contributed by atoms with Gasteiger partial charge in [-0.1, -0.05) is 13.5 Å². The van der Waals surface area contributed by atoms with Crippen LogP contribution in [0.15, 0.2) is 60.6 Å². The maximum Gasteiger partial charge on any atom is 0.321 e. The van der Waals surface area contributed by atoms with E-state index in [1.165, 1.54) is 18.5 Å². The van der Waals surface area contributed by atoms with E-state index in [0.29, 0.717) is 30.3 Å². The van der Waals surface area contributed by atoms with E-state index in [-0.39, 0.29) is 35.0 Å². The van der Waals surface area contributed by atoms with Gasteiger partial charge >= 0.3 is 6.01 Å². The first-order chi connectivity index (χ1) is 17.9. The lowest BCUT2D eigenvalue weighted by Gasteiger charge is -2.23. The monoisotopic (exact) mass is 503 g/mol. The van der Waals surface area contributed by atoms with Crippen molar-refractivity contribution in [2.24, 2.45) is 10.9 Å². The molecule has 2 N–H and O–H groups in total. The van der Waals surface area contributed by atoms with Crippen molar-refractivity contribution >= 4 is 17.4 Å². The van der Waals surface area contributed by atoms with Crippen molar-refractivity contribution in [2.45, 2.75) is 32.1 Å². The van der Waals surface area contributed by atoms with Gasteiger partial charge in [0, 0.05) is 50.1 Å². The molecular weight excluding hydrogens is 473 g/mol. The quantitative estimate of drug-likeness (QED) is 0.344. The fourth-order valence-corrected chi connectivity index (χ4v) is 4.76. The average Bonchev–Trinajstić information content (AvgIpc) is 3.38. The van der Waals surface area contributed by atoms with Crippen LogP contribution in [0.5, 0.6) is 11.8 Å². The summed E-state index contributed by atoms with van der Waals surface area (Å²) >= 11 is 0. The molecular formula is C27H30FN7O2. The highest BCUT2D eigenvalue weighted by molar-refractivity contribution is 6.16. The molecule has 1 saturated heterocycles. The standard InChI is InChI=1S/C27H30FN7O2/c1-4-18(13-17-9-12-35(15-17)22(36)5-2)24-23(26(29)34-16-33-24)25(30-3)20-8-7-19(14-21(20)28)37-27-31-10-6-11-32-27/h5-8,10-11,14,16-18H,2,4,9,12-13,15H2,1,3H3,(H2,29,33,34)/t17-,18?/m0/s1. The summed E-state index contributed by atoms with van der Waals surface area (Å²) in [6.07, 6.45) is 8.37. The molecule has 0 aliphatic carbocycles. The van der Waals surface area contributed by atoms with E-state index in [4.69, 9.17) is 10.5 Å². The molecule has 9 nitrogen and oxygen atoms in total. The van der Waals surface area contributed by atoms with E-state index in [1.54, 1.807) is 37.6 Å². The van der Waals surface area contributed by atoms with E-state index in [2.05, 4.69) is 38.4 Å². The molecule has 1 aliphatic heterocycles. The molecule has 1 aliphatic rings. The molecule has 1 aromatic carbocycles. The van der Waals surface area contributed by atoms with E-state index in [1.807, 2.05) is 4.90 Å². The van der Waals surface area contributed by atoms with Gasteiger partial charge in [-0.15, -0.1) is 0 Å². The third-order valence-electron chi connectivity index (χ3n) is 6.58. The van der Waals surface area contributed by atoms with Gasteiger partial charge in [0.15, 0.2) is 0 Å². The second-order valence-electron chi connectivity index (χ2n) is 8.85. The zero-order chi connectivity index (χ0) is 26.4. The van der Waals surface area contributed by atoms with Crippen LogP contribution in [0.1, 0.15) is 48.9 Å². The highest BCUT2D eigenvalue weighted by Crippen LogP contribution is 2.35. The van der Waals surface area contributed by atoms with Crippen LogP contribution in [-0.4, -0.2) is 56.6 Å². The maximum atomic E-state index is 15.4. The van der Waals surface area contributed by atoms with Crippen molar-refractivity contribution in [3.63, 3.8) is 0 Å². The number of anilines is 1. The third-order valence-corrected chi connectivity index (χ3v) is 6.58. The Kier molecular flexibility index (Phi) is 8.17. The third kappa shape index (κ3) is 5.79. The topological polar surface area (TPSA) is 119 Å². The Morgan fingerprint density at radius 2 is 2.11 bits per heavy atom. The minimum absolute atomic E-state index is 0.0294. The molecule has 4 rings (SSSR count). The minimum Gasteiger partial charge on any atom is -0.424 e. The molecule has 2 atom stereocenters. The Morgan fingerprint density at radius 1 is 1.32 bits per heavy atom. The van der Waals surface area contributed by atoms with Crippen LogP contribution in [-0.2, 0) is 4.79 Å². The number of nitrogens with zero attached hydrogens (tertiary/aromatic N) is 6. The lowest BCUT2D eigenvalue weighted by molar-refractivity contribution is -0.125. The lowest BCUT2D eigenvalue weighted by atomic mass is 9.85. The fraction of sp³-hybridized carbons (Fsp3) is 0.333. The molecule has 0 spiro atoms. The number of nitrogen functional groups attached to an aromatic ring is 1. The number of likely N-dealkylation sites (tertiary alicyclic amines) is 1. The summed E-state index contributed by atoms with van der Waals surface area (Å²) in [6.45, 7) is 7.05. The Morgan fingerprint density at radius 3 is 2.78 bits per heavy atom. The SMILES string of the molecule is C=CC(=O)N1CC[C@@H](CC(CC)c2ncnc(N)c2C(=NC)c2ccc(Oc3ncccn3)cc2F)C1. The predicted molar refractivity (Wildman–Crippen MR) is 139 cm³/mol. The summed E-state index contributed by atoms with van der Waals surface area (Å²) in [4.78, 5) is 35.0. The molecule has 3 aromatic rings. The van der Waals surface area contributed by atoms with Crippen molar-refractivity contribution in [1.82, 2.24) is 24.8 Å². The summed E-state index contributed by atoms with van der Waals surface area (Å²) in [5, 5.41) is 0. The normalized spacial score (nSPS) is 16.5. The zero-order valence-corrected chi connectivity index (χ0v) is 21.0. The number of ether oxygens (including phenoxy) is 1. The van der Waals surface area contributed by atoms with E-state index in [0.717, 1.165) is 25.0 Å². The van der Waals surface area contributed by atoms with Gasteiger partial charge in [-0.2, -0.15) is 0 Å². The number of rotatable bonds is 9. The predicted octanol–water partition coefficient (Wildman–Crippen LogP) is 4.17. The Labute approximate surface area is 215 Å². The van der Waals surface area contributed by atoms with Gasteiger partial charge in [0.25, 0.3) is 0 Å². The zero-order valence-electron chi connectivity index (χ0n) is 21.0. The largest absolute Gasteiger partial charge is 0.424 e. The highest BCUT2D eigenvalue weighted by Gasteiger charge is 2.30. The molecule has 0 bridgehead atoms. The van der Waals surface area contributed by atoms with Crippen molar-refractivity contribution < 1.29 is 13.9 Å². The van der Waals surface area contributed by atoms with Crippen LogP contribution in [0.25, 0.3) is 0 Å². The van der Waals surface area contributed by atoms with Crippen LogP contribution in [0.4, 0.5) is 10.2 Å². The first-order valence-corrected chi connectivity index (χ1v) is 12.2. The number of aliphatic imine (C=N–C) groups is 1. The second kappa shape index (κ2) is 11.7. The highest BCUT2D eigenvalue weighted by atomic mass is 19.1. The summed E-state index contributed by atoms with van der Waals surface area (Å²) < 4.78 is 20.9. The van der Waals surface area contributed by atoms with Crippen molar-refractivity contribution in [2.75, 3.05) is 25.9 Å². The van der Waals surface area contributed by atoms with Crippen LogP contribution in [0.2, 0.25) is 0 Å². The summed E-state index contributed by atoms with van der Waals surface area (Å²) in [7, 11) is 1.59. The fourth-order valence-electron chi connectivity index (χ4n) is 4.76. The molecule has 1 fully saturated rings. The van der Waals surface area contributed by atoms with E-state index < -0.39 is 5.82 Å². The number of halogens is 1. The number of carbonyl (C=O) groups is 1. The average molecular weight is 504 g/mol. The lowest BCUT2D eigenvalue weighted by Crippen LogP contribution is -2.27. The Hall–Kier alpha value is -4.21. The number of benzene rings is 1. The number of hydrogen-bond donors (Lipinski definition) is 1. The smallest absolute Gasteiger partial charge is 0.321 e. The van der Waals surface area contributed by atoms with Gasteiger partial charge in [-0.05, 0) is 49.5 Å². The first kappa shape index (κ1) is 25.9. The van der Waals surface area contributed by atoms with Gasteiger partial charge in [0.2, 0.25) is 5.91 Å². The summed E-state index contributed by atoms with van der Waals surface area (Å²) in [5.74, 6) is 0.244. The maximum absolute atomic E-state index is 15.4.